The summed E-state index contributed by atoms with van der Waals surface area (Å²) in [6.45, 7) is 5.23. The highest BCUT2D eigenvalue weighted by molar-refractivity contribution is 5.81. The molecule has 1 amide bonds. The molecule has 18 heavy (non-hydrogen) atoms. The smallest absolute Gasteiger partial charge is 0.415 e. The Balaban J connectivity index is 1.84. The Morgan fingerprint density at radius 2 is 2.44 bits per heavy atom. The van der Waals surface area contributed by atoms with Gasteiger partial charge >= 0.3 is 12.1 Å². The summed E-state index contributed by atoms with van der Waals surface area (Å²) in [5.41, 5.74) is 0. The van der Waals surface area contributed by atoms with Crippen LogP contribution in [0, 0.1) is 5.92 Å². The van der Waals surface area contributed by atoms with Crippen LogP contribution in [0.3, 0.4) is 0 Å². The fourth-order valence-corrected chi connectivity index (χ4v) is 1.69. The summed E-state index contributed by atoms with van der Waals surface area (Å²) in [6.07, 6.45) is 1.49. The van der Waals surface area contributed by atoms with E-state index in [1.165, 1.54) is 0 Å². The van der Waals surface area contributed by atoms with Gasteiger partial charge in [0, 0.05) is 0 Å². The zero-order valence-electron chi connectivity index (χ0n) is 10.6. The van der Waals surface area contributed by atoms with Crippen molar-refractivity contribution >= 4 is 12.1 Å². The molecule has 0 radical (unpaired) electrons. The van der Waals surface area contributed by atoms with Crippen LogP contribution in [0.4, 0.5) is 10.8 Å². The van der Waals surface area contributed by atoms with E-state index in [2.05, 4.69) is 20.8 Å². The summed E-state index contributed by atoms with van der Waals surface area (Å²) in [5.74, 6) is 0.795. The van der Waals surface area contributed by atoms with Gasteiger partial charge in [0.05, 0.1) is 12.6 Å². The average Bonchev–Trinajstić information content (AvgIpc) is 2.95. The van der Waals surface area contributed by atoms with Crippen molar-refractivity contribution in [2.45, 2.75) is 32.7 Å². The molecule has 0 spiro atoms. The number of nitrogens with zero attached hydrogens (tertiary/aromatic N) is 2. The van der Waals surface area contributed by atoms with Crippen molar-refractivity contribution in [3.63, 3.8) is 0 Å². The fourth-order valence-electron chi connectivity index (χ4n) is 1.69. The van der Waals surface area contributed by atoms with E-state index < -0.39 is 6.09 Å². The SMILES string of the molecule is CC(C)COC(=O)Nc1nnc(C2CCCN2)o1. The van der Waals surface area contributed by atoms with E-state index in [0.29, 0.717) is 12.5 Å². The van der Waals surface area contributed by atoms with Crippen LogP contribution in [0.2, 0.25) is 0 Å². The number of hydrogen-bond donors (Lipinski definition) is 2. The summed E-state index contributed by atoms with van der Waals surface area (Å²) in [4.78, 5) is 11.4. The van der Waals surface area contributed by atoms with Gasteiger partial charge in [0.25, 0.3) is 0 Å². The van der Waals surface area contributed by atoms with E-state index in [4.69, 9.17) is 9.15 Å². The first-order chi connectivity index (χ1) is 8.65. The molecule has 0 aromatic carbocycles. The van der Waals surface area contributed by atoms with Gasteiger partial charge in [-0.25, -0.2) is 10.1 Å². The molecule has 1 aromatic heterocycles. The van der Waals surface area contributed by atoms with Gasteiger partial charge in [0.2, 0.25) is 5.89 Å². The van der Waals surface area contributed by atoms with Crippen LogP contribution in [-0.4, -0.2) is 29.4 Å². The first kappa shape index (κ1) is 12.8. The molecule has 2 N–H and O–H groups in total. The highest BCUT2D eigenvalue weighted by atomic mass is 16.6. The zero-order valence-corrected chi connectivity index (χ0v) is 10.6. The Labute approximate surface area is 105 Å². The number of ether oxygens (including phenoxy) is 1. The molecule has 1 aliphatic rings. The Morgan fingerprint density at radius 3 is 3.11 bits per heavy atom. The predicted octanol–water partition coefficient (Wildman–Crippen LogP) is 1.70. The van der Waals surface area contributed by atoms with Gasteiger partial charge in [-0.2, -0.15) is 0 Å². The van der Waals surface area contributed by atoms with Crippen molar-refractivity contribution in [1.29, 1.82) is 0 Å². The maximum Gasteiger partial charge on any atom is 0.415 e. The van der Waals surface area contributed by atoms with Gasteiger partial charge in [0.1, 0.15) is 0 Å². The normalized spacial score (nSPS) is 19.2. The number of anilines is 1. The lowest BCUT2D eigenvalue weighted by molar-refractivity contribution is 0.147. The van der Waals surface area contributed by atoms with Gasteiger partial charge in [0.15, 0.2) is 0 Å². The molecule has 1 unspecified atom stereocenters. The lowest BCUT2D eigenvalue weighted by atomic mass is 10.2. The number of amides is 1. The van der Waals surface area contributed by atoms with E-state index in [1.54, 1.807) is 0 Å². The number of carbonyl (C=O) groups excluding carboxylic acids is 1. The van der Waals surface area contributed by atoms with E-state index in [9.17, 15) is 4.79 Å². The van der Waals surface area contributed by atoms with Gasteiger partial charge in [-0.3, -0.25) is 0 Å². The summed E-state index contributed by atoms with van der Waals surface area (Å²) in [6, 6.07) is 0.173. The number of carbonyl (C=O) groups is 1. The third-order valence-electron chi connectivity index (χ3n) is 2.56. The first-order valence-corrected chi connectivity index (χ1v) is 6.15. The summed E-state index contributed by atoms with van der Waals surface area (Å²) < 4.78 is 10.3. The second kappa shape index (κ2) is 5.81. The largest absolute Gasteiger partial charge is 0.449 e. The van der Waals surface area contributed by atoms with Crippen molar-refractivity contribution in [3.8, 4) is 0 Å². The number of hydrogen-bond acceptors (Lipinski definition) is 6. The monoisotopic (exact) mass is 254 g/mol. The minimum Gasteiger partial charge on any atom is -0.449 e. The molecular formula is C11H18N4O3. The van der Waals surface area contributed by atoms with Crippen LogP contribution in [0.25, 0.3) is 0 Å². The molecule has 1 aromatic rings. The van der Waals surface area contributed by atoms with E-state index in [0.717, 1.165) is 19.4 Å². The maximum absolute atomic E-state index is 11.4. The quantitative estimate of drug-likeness (QED) is 0.850. The van der Waals surface area contributed by atoms with Crippen molar-refractivity contribution in [2.75, 3.05) is 18.5 Å². The number of aromatic nitrogens is 2. The first-order valence-electron chi connectivity index (χ1n) is 6.15. The van der Waals surface area contributed by atoms with Crippen LogP contribution in [0.5, 0.6) is 0 Å². The maximum atomic E-state index is 11.4. The Bertz CT molecular complexity index is 399. The molecule has 1 fully saturated rings. The van der Waals surface area contributed by atoms with E-state index >= 15 is 0 Å². The predicted molar refractivity (Wildman–Crippen MR) is 64.1 cm³/mol. The standard InChI is InChI=1S/C11H18N4O3/c1-7(2)6-17-11(16)13-10-15-14-9(18-10)8-4-3-5-12-8/h7-8,12H,3-6H2,1-2H3,(H,13,15,16). The van der Waals surface area contributed by atoms with Crippen molar-refractivity contribution in [1.82, 2.24) is 15.5 Å². The molecule has 1 aliphatic heterocycles. The van der Waals surface area contributed by atoms with Crippen LogP contribution < -0.4 is 10.6 Å². The molecule has 2 heterocycles. The molecule has 1 atom stereocenters. The summed E-state index contributed by atoms with van der Waals surface area (Å²) in [7, 11) is 0. The third kappa shape index (κ3) is 3.43. The number of rotatable bonds is 4. The Kier molecular flexibility index (Phi) is 4.14. The zero-order chi connectivity index (χ0) is 13.0. The van der Waals surface area contributed by atoms with Gasteiger partial charge in [-0.15, -0.1) is 5.10 Å². The van der Waals surface area contributed by atoms with Gasteiger partial charge in [-0.1, -0.05) is 18.9 Å². The van der Waals surface area contributed by atoms with Gasteiger partial charge in [-0.05, 0) is 25.3 Å². The minimum absolute atomic E-state index is 0.0763. The highest BCUT2D eigenvalue weighted by Gasteiger charge is 2.22. The Hall–Kier alpha value is -1.63. The molecule has 100 valence electrons. The van der Waals surface area contributed by atoms with Crippen LogP contribution in [0.15, 0.2) is 4.42 Å². The minimum atomic E-state index is -0.571. The molecule has 0 bridgehead atoms. The second-order valence-corrected chi connectivity index (χ2v) is 4.71. The summed E-state index contributed by atoms with van der Waals surface area (Å²) >= 11 is 0. The third-order valence-corrected chi connectivity index (χ3v) is 2.56. The van der Waals surface area contributed by atoms with Crippen LogP contribution >= 0.6 is 0 Å². The molecule has 1 saturated heterocycles. The van der Waals surface area contributed by atoms with Crippen LogP contribution in [0.1, 0.15) is 38.6 Å². The molecular weight excluding hydrogens is 236 g/mol. The fraction of sp³-hybridized carbons (Fsp3) is 0.727. The molecule has 7 heteroatoms. The molecule has 2 rings (SSSR count). The highest BCUT2D eigenvalue weighted by Crippen LogP contribution is 2.22. The van der Waals surface area contributed by atoms with Crippen molar-refractivity contribution in [3.05, 3.63) is 5.89 Å². The van der Waals surface area contributed by atoms with Gasteiger partial charge < -0.3 is 14.5 Å². The van der Waals surface area contributed by atoms with E-state index in [1.807, 2.05) is 13.8 Å². The topological polar surface area (TPSA) is 89.3 Å². The lowest BCUT2D eigenvalue weighted by Gasteiger charge is -2.06. The molecule has 0 saturated carbocycles. The summed E-state index contributed by atoms with van der Waals surface area (Å²) in [5, 5.41) is 13.3. The average molecular weight is 254 g/mol. The van der Waals surface area contributed by atoms with Crippen molar-refractivity contribution < 1.29 is 13.9 Å². The lowest BCUT2D eigenvalue weighted by Crippen LogP contribution is -2.16. The van der Waals surface area contributed by atoms with Crippen molar-refractivity contribution in [2.24, 2.45) is 5.92 Å². The van der Waals surface area contributed by atoms with Crippen LogP contribution in [-0.2, 0) is 4.74 Å². The molecule has 7 nitrogen and oxygen atoms in total. The molecule has 0 aliphatic carbocycles. The Morgan fingerprint density at radius 1 is 1.61 bits per heavy atom. The van der Waals surface area contributed by atoms with E-state index in [-0.39, 0.29) is 18.0 Å². The second-order valence-electron chi connectivity index (χ2n) is 4.71. The number of nitrogens with one attached hydrogen (secondary N) is 2.